The minimum atomic E-state index is -0.623. The summed E-state index contributed by atoms with van der Waals surface area (Å²) in [6, 6.07) is 27.6. The maximum absolute atomic E-state index is 10.7. The number of ether oxygens (including phenoxy) is 2. The van der Waals surface area contributed by atoms with E-state index >= 15 is 0 Å². The van der Waals surface area contributed by atoms with Crippen LogP contribution in [0.1, 0.15) is 30.2 Å². The van der Waals surface area contributed by atoms with E-state index in [0.29, 0.717) is 19.0 Å². The van der Waals surface area contributed by atoms with Gasteiger partial charge in [-0.3, -0.25) is 4.90 Å². The summed E-state index contributed by atoms with van der Waals surface area (Å²) in [5, 5.41) is 15.6. The van der Waals surface area contributed by atoms with Gasteiger partial charge in [-0.25, -0.2) is 4.68 Å². The molecule has 1 aromatic heterocycles. The zero-order chi connectivity index (χ0) is 25.3. The number of aryl methyl sites for hydroxylation is 2. The first kappa shape index (κ1) is 25.5. The molecule has 0 spiro atoms. The highest BCUT2D eigenvalue weighted by Crippen LogP contribution is 2.32. The van der Waals surface area contributed by atoms with Crippen LogP contribution in [0.15, 0.2) is 84.9 Å². The number of rotatable bonds is 12. The Kier molecular flexibility index (Phi) is 8.76. The van der Waals surface area contributed by atoms with Gasteiger partial charge in [0, 0.05) is 13.1 Å². The Hall–Kier alpha value is -3.61. The number of aliphatic hydroxyl groups is 1. The molecule has 1 heterocycles. The SMILES string of the molecule is CCCN(Cc1c(C)nn(-c2ccccc2)c1Oc1ccc(C)cc1)C[C@@H](O)COc1ccccc1. The van der Waals surface area contributed by atoms with Gasteiger partial charge in [0.15, 0.2) is 0 Å². The van der Waals surface area contributed by atoms with Crippen LogP contribution in [0.5, 0.6) is 17.4 Å². The maximum Gasteiger partial charge on any atom is 0.227 e. The van der Waals surface area contributed by atoms with Crippen LogP contribution in [-0.4, -0.2) is 45.6 Å². The third kappa shape index (κ3) is 6.74. The molecule has 0 radical (unpaired) electrons. The average molecular weight is 486 g/mol. The molecule has 0 amide bonds. The number of para-hydroxylation sites is 2. The Morgan fingerprint density at radius 2 is 1.56 bits per heavy atom. The molecule has 188 valence electrons. The van der Waals surface area contributed by atoms with E-state index in [1.807, 2.05) is 96.5 Å². The molecule has 3 aromatic carbocycles. The number of hydrogen-bond acceptors (Lipinski definition) is 5. The Balaban J connectivity index is 1.57. The molecule has 0 aliphatic heterocycles. The molecule has 0 unspecified atom stereocenters. The van der Waals surface area contributed by atoms with E-state index in [-0.39, 0.29) is 6.61 Å². The van der Waals surface area contributed by atoms with E-state index in [1.165, 1.54) is 5.56 Å². The van der Waals surface area contributed by atoms with Gasteiger partial charge in [-0.1, -0.05) is 61.0 Å². The fourth-order valence-corrected chi connectivity index (χ4v) is 4.12. The van der Waals surface area contributed by atoms with Crippen molar-refractivity contribution >= 4 is 0 Å². The maximum atomic E-state index is 10.7. The van der Waals surface area contributed by atoms with Crippen LogP contribution in [0.2, 0.25) is 0 Å². The second-order valence-corrected chi connectivity index (χ2v) is 9.04. The second-order valence-electron chi connectivity index (χ2n) is 9.04. The van der Waals surface area contributed by atoms with Crippen molar-refractivity contribution in [1.82, 2.24) is 14.7 Å². The molecule has 0 saturated heterocycles. The van der Waals surface area contributed by atoms with Gasteiger partial charge in [0.05, 0.1) is 16.9 Å². The minimum absolute atomic E-state index is 0.235. The first-order chi connectivity index (χ1) is 17.5. The zero-order valence-electron chi connectivity index (χ0n) is 21.3. The topological polar surface area (TPSA) is 59.8 Å². The number of aliphatic hydroxyl groups excluding tert-OH is 1. The van der Waals surface area contributed by atoms with Gasteiger partial charge in [0.25, 0.3) is 0 Å². The molecule has 0 fully saturated rings. The first-order valence-electron chi connectivity index (χ1n) is 12.5. The van der Waals surface area contributed by atoms with Crippen LogP contribution in [0, 0.1) is 13.8 Å². The van der Waals surface area contributed by atoms with Crippen molar-refractivity contribution in [2.75, 3.05) is 19.7 Å². The van der Waals surface area contributed by atoms with E-state index in [2.05, 4.69) is 18.7 Å². The lowest BCUT2D eigenvalue weighted by Gasteiger charge is -2.25. The molecule has 4 rings (SSSR count). The van der Waals surface area contributed by atoms with Gasteiger partial charge < -0.3 is 14.6 Å². The molecule has 1 atom stereocenters. The fourth-order valence-electron chi connectivity index (χ4n) is 4.12. The van der Waals surface area contributed by atoms with Crippen molar-refractivity contribution in [3.05, 3.63) is 102 Å². The van der Waals surface area contributed by atoms with Crippen molar-refractivity contribution in [3.63, 3.8) is 0 Å². The van der Waals surface area contributed by atoms with Crippen molar-refractivity contribution in [2.45, 2.75) is 39.8 Å². The lowest BCUT2D eigenvalue weighted by molar-refractivity contribution is 0.0653. The summed E-state index contributed by atoms with van der Waals surface area (Å²) in [7, 11) is 0. The van der Waals surface area contributed by atoms with Crippen molar-refractivity contribution in [3.8, 4) is 23.1 Å². The molecule has 36 heavy (non-hydrogen) atoms. The van der Waals surface area contributed by atoms with E-state index in [9.17, 15) is 5.11 Å². The lowest BCUT2D eigenvalue weighted by atomic mass is 10.2. The average Bonchev–Trinajstić information content (AvgIpc) is 3.20. The number of benzene rings is 3. The smallest absolute Gasteiger partial charge is 0.227 e. The van der Waals surface area contributed by atoms with Gasteiger partial charge >= 0.3 is 0 Å². The molecule has 0 bridgehead atoms. The summed E-state index contributed by atoms with van der Waals surface area (Å²) in [5.74, 6) is 2.21. The molecular weight excluding hydrogens is 450 g/mol. The number of nitrogens with zero attached hydrogens (tertiary/aromatic N) is 3. The Bertz CT molecular complexity index is 1210. The highest BCUT2D eigenvalue weighted by atomic mass is 16.5. The van der Waals surface area contributed by atoms with Crippen LogP contribution in [-0.2, 0) is 6.54 Å². The van der Waals surface area contributed by atoms with Crippen LogP contribution in [0.25, 0.3) is 5.69 Å². The quantitative estimate of drug-likeness (QED) is 0.269. The van der Waals surface area contributed by atoms with E-state index in [4.69, 9.17) is 14.6 Å². The highest BCUT2D eigenvalue weighted by Gasteiger charge is 2.22. The minimum Gasteiger partial charge on any atom is -0.491 e. The summed E-state index contributed by atoms with van der Waals surface area (Å²) in [5.41, 5.74) is 4.02. The standard InChI is InChI=1S/C30H35N3O3/c1-4-19-32(20-26(34)22-35-27-13-9-6-10-14-27)21-29-24(3)31-33(25-11-7-5-8-12-25)30(29)36-28-17-15-23(2)16-18-28/h5-18,26,34H,4,19-22H2,1-3H3/t26-/m1/s1. The predicted octanol–water partition coefficient (Wildman–Crippen LogP) is 5.93. The molecular formula is C30H35N3O3. The number of hydrogen-bond donors (Lipinski definition) is 1. The summed E-state index contributed by atoms with van der Waals surface area (Å²) in [6.07, 6.45) is 0.342. The van der Waals surface area contributed by atoms with Gasteiger partial charge in [-0.05, 0) is 63.2 Å². The first-order valence-corrected chi connectivity index (χ1v) is 12.5. The van der Waals surface area contributed by atoms with E-state index < -0.39 is 6.10 Å². The van der Waals surface area contributed by atoms with Gasteiger partial charge in [0.1, 0.15) is 24.2 Å². The van der Waals surface area contributed by atoms with Gasteiger partial charge in [0.2, 0.25) is 5.88 Å². The van der Waals surface area contributed by atoms with Crippen molar-refractivity contribution < 1.29 is 14.6 Å². The van der Waals surface area contributed by atoms with Crippen molar-refractivity contribution in [2.24, 2.45) is 0 Å². The summed E-state index contributed by atoms with van der Waals surface area (Å²) >= 11 is 0. The van der Waals surface area contributed by atoms with Crippen LogP contribution >= 0.6 is 0 Å². The Morgan fingerprint density at radius 1 is 0.889 bits per heavy atom. The predicted molar refractivity (Wildman–Crippen MR) is 143 cm³/mol. The molecule has 0 aliphatic rings. The summed E-state index contributed by atoms with van der Waals surface area (Å²) in [4.78, 5) is 2.24. The summed E-state index contributed by atoms with van der Waals surface area (Å²) in [6.45, 7) is 8.38. The highest BCUT2D eigenvalue weighted by molar-refractivity contribution is 5.43. The largest absolute Gasteiger partial charge is 0.491 e. The third-order valence-corrected chi connectivity index (χ3v) is 5.95. The molecule has 6 heteroatoms. The van der Waals surface area contributed by atoms with E-state index in [1.54, 1.807) is 0 Å². The van der Waals surface area contributed by atoms with Crippen molar-refractivity contribution in [1.29, 1.82) is 0 Å². The third-order valence-electron chi connectivity index (χ3n) is 5.95. The lowest BCUT2D eigenvalue weighted by Crippen LogP contribution is -2.36. The molecule has 6 nitrogen and oxygen atoms in total. The van der Waals surface area contributed by atoms with Gasteiger partial charge in [-0.2, -0.15) is 5.10 Å². The van der Waals surface area contributed by atoms with Gasteiger partial charge in [-0.15, -0.1) is 0 Å². The van der Waals surface area contributed by atoms with Crippen LogP contribution in [0.3, 0.4) is 0 Å². The normalized spacial score (nSPS) is 12.0. The fraction of sp³-hybridized carbons (Fsp3) is 0.300. The summed E-state index contributed by atoms with van der Waals surface area (Å²) < 4.78 is 14.1. The van der Waals surface area contributed by atoms with Crippen LogP contribution in [0.4, 0.5) is 0 Å². The zero-order valence-corrected chi connectivity index (χ0v) is 21.3. The Morgan fingerprint density at radius 3 is 2.22 bits per heavy atom. The molecule has 4 aromatic rings. The van der Waals surface area contributed by atoms with Crippen LogP contribution < -0.4 is 9.47 Å². The number of aromatic nitrogens is 2. The molecule has 0 aliphatic carbocycles. The monoisotopic (exact) mass is 485 g/mol. The van der Waals surface area contributed by atoms with E-state index in [0.717, 1.165) is 41.4 Å². The second kappa shape index (κ2) is 12.4. The molecule has 1 N–H and O–H groups in total. The molecule has 0 saturated carbocycles. The Labute approximate surface area is 213 Å².